The average Bonchev–Trinajstić information content (AvgIpc) is 2.42. The summed E-state index contributed by atoms with van der Waals surface area (Å²) in [6.45, 7) is 4.12. The largest absolute Gasteiger partial charge is 0.504 e. The van der Waals surface area contributed by atoms with E-state index in [1.165, 1.54) is 18.2 Å². The van der Waals surface area contributed by atoms with Crippen molar-refractivity contribution < 1.29 is 15.0 Å². The number of rotatable bonds is 2. The van der Waals surface area contributed by atoms with Crippen LogP contribution in [0.25, 0.3) is 0 Å². The fourth-order valence-electron chi connectivity index (χ4n) is 2.29. The van der Waals surface area contributed by atoms with E-state index in [0.29, 0.717) is 25.2 Å². The van der Waals surface area contributed by atoms with Gasteiger partial charge in [0.05, 0.1) is 0 Å². The van der Waals surface area contributed by atoms with E-state index in [2.05, 4.69) is 6.92 Å². The molecule has 1 amide bonds. The standard InChI is InChI=1S/C14H20N2O3/c1-14(9-15)4-6-16(7-5-14)13(19)10-2-3-11(17)12(18)8-10/h2-3,8,17-18H,4-7,9,15H2,1H3. The zero-order chi connectivity index (χ0) is 14.0. The zero-order valence-corrected chi connectivity index (χ0v) is 11.1. The van der Waals surface area contributed by atoms with Crippen LogP contribution < -0.4 is 5.73 Å². The molecule has 0 unspecified atom stereocenters. The van der Waals surface area contributed by atoms with E-state index in [4.69, 9.17) is 5.73 Å². The van der Waals surface area contributed by atoms with Gasteiger partial charge in [0, 0.05) is 18.7 Å². The second-order valence-electron chi connectivity index (χ2n) is 5.51. The molecule has 5 nitrogen and oxygen atoms in total. The lowest BCUT2D eigenvalue weighted by Gasteiger charge is -2.38. The van der Waals surface area contributed by atoms with Gasteiger partial charge in [0.15, 0.2) is 11.5 Å². The molecule has 5 heteroatoms. The fourth-order valence-corrected chi connectivity index (χ4v) is 2.29. The third kappa shape index (κ3) is 2.81. The quantitative estimate of drug-likeness (QED) is 0.703. The normalized spacial score (nSPS) is 18.3. The first-order valence-corrected chi connectivity index (χ1v) is 6.46. The van der Waals surface area contributed by atoms with Crippen LogP contribution in [0.1, 0.15) is 30.1 Å². The summed E-state index contributed by atoms with van der Waals surface area (Å²) in [5.41, 5.74) is 6.26. The molecule has 1 aliphatic heterocycles. The number of phenols is 2. The number of nitrogens with zero attached hydrogens (tertiary/aromatic N) is 1. The molecule has 1 aromatic rings. The van der Waals surface area contributed by atoms with Crippen LogP contribution in [0.15, 0.2) is 18.2 Å². The van der Waals surface area contributed by atoms with Crippen molar-refractivity contribution in [3.63, 3.8) is 0 Å². The van der Waals surface area contributed by atoms with Crippen LogP contribution in [0.4, 0.5) is 0 Å². The summed E-state index contributed by atoms with van der Waals surface area (Å²) in [4.78, 5) is 14.0. The van der Waals surface area contributed by atoms with E-state index in [9.17, 15) is 15.0 Å². The summed E-state index contributed by atoms with van der Waals surface area (Å²) >= 11 is 0. The Hall–Kier alpha value is -1.75. The van der Waals surface area contributed by atoms with Gasteiger partial charge in [-0.1, -0.05) is 6.92 Å². The molecule has 0 aliphatic carbocycles. The van der Waals surface area contributed by atoms with Crippen LogP contribution in [0.2, 0.25) is 0 Å². The highest BCUT2D eigenvalue weighted by Gasteiger charge is 2.31. The van der Waals surface area contributed by atoms with Gasteiger partial charge in [0.1, 0.15) is 0 Å². The van der Waals surface area contributed by atoms with Crippen LogP contribution in [-0.2, 0) is 0 Å². The number of carbonyl (C=O) groups excluding carboxylic acids is 1. The van der Waals surface area contributed by atoms with Crippen molar-refractivity contribution in [1.82, 2.24) is 4.90 Å². The highest BCUT2D eigenvalue weighted by molar-refractivity contribution is 5.95. The predicted octanol–water partition coefficient (Wildman–Crippen LogP) is 1.30. The first-order chi connectivity index (χ1) is 8.95. The Morgan fingerprint density at radius 2 is 1.95 bits per heavy atom. The fraction of sp³-hybridized carbons (Fsp3) is 0.500. The number of carbonyl (C=O) groups is 1. The number of piperidine rings is 1. The van der Waals surface area contributed by atoms with Gasteiger partial charge >= 0.3 is 0 Å². The molecule has 0 spiro atoms. The summed E-state index contributed by atoms with van der Waals surface area (Å²) < 4.78 is 0. The van der Waals surface area contributed by atoms with Crippen molar-refractivity contribution in [2.24, 2.45) is 11.1 Å². The molecule has 1 saturated heterocycles. The second kappa shape index (κ2) is 5.09. The second-order valence-corrected chi connectivity index (χ2v) is 5.51. The van der Waals surface area contributed by atoms with Gasteiger partial charge < -0.3 is 20.8 Å². The number of aromatic hydroxyl groups is 2. The molecule has 0 saturated carbocycles. The molecule has 1 heterocycles. The Morgan fingerprint density at radius 1 is 1.32 bits per heavy atom. The van der Waals surface area contributed by atoms with Crippen LogP contribution in [0.5, 0.6) is 11.5 Å². The Balaban J connectivity index is 2.07. The SMILES string of the molecule is CC1(CN)CCN(C(=O)c2ccc(O)c(O)c2)CC1. The lowest BCUT2D eigenvalue weighted by atomic mass is 9.80. The van der Waals surface area contributed by atoms with Gasteiger partial charge in [0.2, 0.25) is 0 Å². The molecule has 1 aliphatic rings. The molecule has 0 aromatic heterocycles. The topological polar surface area (TPSA) is 86.8 Å². The van der Waals surface area contributed by atoms with Crippen LogP contribution in [0.3, 0.4) is 0 Å². The van der Waals surface area contributed by atoms with E-state index in [1.54, 1.807) is 4.90 Å². The number of amides is 1. The maximum Gasteiger partial charge on any atom is 0.253 e. The monoisotopic (exact) mass is 264 g/mol. The Morgan fingerprint density at radius 3 is 2.47 bits per heavy atom. The molecule has 2 rings (SSSR count). The van der Waals surface area contributed by atoms with E-state index in [1.807, 2.05) is 0 Å². The van der Waals surface area contributed by atoms with Crippen LogP contribution >= 0.6 is 0 Å². The number of phenolic OH excluding ortho intramolecular Hbond substituents is 2. The first-order valence-electron chi connectivity index (χ1n) is 6.46. The first kappa shape index (κ1) is 13.7. The predicted molar refractivity (Wildman–Crippen MR) is 72.1 cm³/mol. The number of likely N-dealkylation sites (tertiary alicyclic amines) is 1. The molecule has 0 bridgehead atoms. The average molecular weight is 264 g/mol. The molecule has 104 valence electrons. The number of hydrogen-bond acceptors (Lipinski definition) is 4. The summed E-state index contributed by atoms with van der Waals surface area (Å²) in [7, 11) is 0. The van der Waals surface area contributed by atoms with Crippen molar-refractivity contribution in [1.29, 1.82) is 0 Å². The highest BCUT2D eigenvalue weighted by atomic mass is 16.3. The van der Waals surface area contributed by atoms with Gasteiger partial charge in [0.25, 0.3) is 5.91 Å². The van der Waals surface area contributed by atoms with E-state index in [0.717, 1.165) is 12.8 Å². The van der Waals surface area contributed by atoms with Gasteiger partial charge in [-0.3, -0.25) is 4.79 Å². The van der Waals surface area contributed by atoms with Crippen LogP contribution in [-0.4, -0.2) is 40.7 Å². The third-order valence-electron chi connectivity index (χ3n) is 3.97. The highest BCUT2D eigenvalue weighted by Crippen LogP contribution is 2.31. The summed E-state index contributed by atoms with van der Waals surface area (Å²) in [6, 6.07) is 4.15. The molecule has 0 atom stereocenters. The minimum Gasteiger partial charge on any atom is -0.504 e. The Bertz CT molecular complexity index is 480. The number of nitrogens with two attached hydrogens (primary N) is 1. The lowest BCUT2D eigenvalue weighted by Crippen LogP contribution is -2.44. The van der Waals surface area contributed by atoms with Crippen molar-refractivity contribution in [3.8, 4) is 11.5 Å². The van der Waals surface area contributed by atoms with E-state index in [-0.39, 0.29) is 22.8 Å². The molecule has 19 heavy (non-hydrogen) atoms. The van der Waals surface area contributed by atoms with Gasteiger partial charge in [-0.25, -0.2) is 0 Å². The molecule has 1 aromatic carbocycles. The zero-order valence-electron chi connectivity index (χ0n) is 11.1. The molecular formula is C14H20N2O3. The van der Waals surface area contributed by atoms with Crippen molar-refractivity contribution in [3.05, 3.63) is 23.8 Å². The minimum absolute atomic E-state index is 0.116. The molecular weight excluding hydrogens is 244 g/mol. The van der Waals surface area contributed by atoms with E-state index >= 15 is 0 Å². The van der Waals surface area contributed by atoms with Gasteiger partial charge in [-0.2, -0.15) is 0 Å². The minimum atomic E-state index is -0.269. The Labute approximate surface area is 112 Å². The van der Waals surface area contributed by atoms with Gasteiger partial charge in [-0.05, 0) is 43.0 Å². The third-order valence-corrected chi connectivity index (χ3v) is 3.97. The molecule has 1 fully saturated rings. The summed E-state index contributed by atoms with van der Waals surface area (Å²) in [5.74, 6) is -0.602. The van der Waals surface area contributed by atoms with Crippen molar-refractivity contribution >= 4 is 5.91 Å². The maximum absolute atomic E-state index is 12.3. The van der Waals surface area contributed by atoms with E-state index < -0.39 is 0 Å². The van der Waals surface area contributed by atoms with Gasteiger partial charge in [-0.15, -0.1) is 0 Å². The maximum atomic E-state index is 12.3. The summed E-state index contributed by atoms with van der Waals surface area (Å²) in [6.07, 6.45) is 1.78. The molecule has 4 N–H and O–H groups in total. The summed E-state index contributed by atoms with van der Waals surface area (Å²) in [5, 5.41) is 18.7. The number of benzene rings is 1. The lowest BCUT2D eigenvalue weighted by molar-refractivity contribution is 0.0617. The Kier molecular flexibility index (Phi) is 3.66. The molecule has 0 radical (unpaired) electrons. The van der Waals surface area contributed by atoms with Crippen molar-refractivity contribution in [2.45, 2.75) is 19.8 Å². The smallest absolute Gasteiger partial charge is 0.253 e. The van der Waals surface area contributed by atoms with Crippen molar-refractivity contribution in [2.75, 3.05) is 19.6 Å². The number of hydrogen-bond donors (Lipinski definition) is 3. The van der Waals surface area contributed by atoms with Crippen LogP contribution in [0, 0.1) is 5.41 Å².